The highest BCUT2D eigenvalue weighted by molar-refractivity contribution is 9.11. The summed E-state index contributed by atoms with van der Waals surface area (Å²) in [5, 5.41) is 9.80. The van der Waals surface area contributed by atoms with Crippen LogP contribution in [0.1, 0.15) is 28.5 Å². The van der Waals surface area contributed by atoms with Crippen molar-refractivity contribution < 1.29 is 19.4 Å². The molecule has 0 aromatic heterocycles. The number of benzene rings is 3. The molecule has 0 saturated carbocycles. The second-order valence-electron chi connectivity index (χ2n) is 8.46. The first kappa shape index (κ1) is 22.2. The number of carboxylic acid groups (broad SMARTS) is 1. The number of hydrogen-bond donors (Lipinski definition) is 1. The number of ether oxygens (including phenoxy) is 1. The molecule has 0 radical (unpaired) electrons. The molecule has 5 rings (SSSR count). The van der Waals surface area contributed by atoms with Gasteiger partial charge in [-0.1, -0.05) is 80.4 Å². The summed E-state index contributed by atoms with van der Waals surface area (Å²) < 4.78 is 7.47. The maximum Gasteiger partial charge on any atom is 0.409 e. The molecule has 0 spiro atoms. The molecule has 2 aliphatic rings. The third kappa shape index (κ3) is 4.20. The number of halogens is 2. The number of aliphatic carboxylic acids is 1. The number of carboxylic acids is 1. The molecule has 5 nitrogen and oxygen atoms in total. The Morgan fingerprint density at radius 1 is 0.909 bits per heavy atom. The zero-order valence-electron chi connectivity index (χ0n) is 17.6. The molecular weight excluding hydrogens is 550 g/mol. The number of hydrogen-bond acceptors (Lipinski definition) is 3. The van der Waals surface area contributed by atoms with Gasteiger partial charge in [0.1, 0.15) is 6.61 Å². The van der Waals surface area contributed by atoms with Gasteiger partial charge in [0.25, 0.3) is 0 Å². The molecule has 1 fully saturated rings. The molecule has 1 amide bonds. The molecule has 1 aliphatic carbocycles. The van der Waals surface area contributed by atoms with Crippen molar-refractivity contribution in [2.24, 2.45) is 5.92 Å². The van der Waals surface area contributed by atoms with Gasteiger partial charge in [0.05, 0.1) is 5.92 Å². The van der Waals surface area contributed by atoms with Crippen molar-refractivity contribution in [2.45, 2.75) is 11.8 Å². The standard InChI is InChI=1S/C26H21Br2NO4/c27-16-9-15(10-17(28)11-16)22-12-29(13-23(22)25(30)31)26(32)33-14-24-20-7-3-1-5-18(20)19-6-2-4-8-21(19)24/h1-11,22-24H,12-14H2,(H,30,31). The van der Waals surface area contributed by atoms with Gasteiger partial charge < -0.3 is 14.7 Å². The zero-order chi connectivity index (χ0) is 23.1. The average molecular weight is 571 g/mol. The van der Waals surface area contributed by atoms with Crippen LogP contribution < -0.4 is 0 Å². The van der Waals surface area contributed by atoms with Gasteiger partial charge in [-0.3, -0.25) is 4.79 Å². The summed E-state index contributed by atoms with van der Waals surface area (Å²) in [6, 6.07) is 22.1. The fourth-order valence-electron chi connectivity index (χ4n) is 5.02. The Balaban J connectivity index is 1.33. The summed E-state index contributed by atoms with van der Waals surface area (Å²) in [6.07, 6.45) is -0.473. The summed E-state index contributed by atoms with van der Waals surface area (Å²) in [7, 11) is 0. The minimum absolute atomic E-state index is 0.0314. The van der Waals surface area contributed by atoms with Gasteiger partial charge in [0.15, 0.2) is 0 Å². The number of amides is 1. The number of carbonyl (C=O) groups excluding carboxylic acids is 1. The lowest BCUT2D eigenvalue weighted by Gasteiger charge is -2.19. The van der Waals surface area contributed by atoms with Gasteiger partial charge in [0, 0.05) is 33.9 Å². The molecule has 0 bridgehead atoms. The highest BCUT2D eigenvalue weighted by atomic mass is 79.9. The van der Waals surface area contributed by atoms with Crippen LogP contribution in [0.15, 0.2) is 75.7 Å². The van der Waals surface area contributed by atoms with Crippen LogP contribution in [0.25, 0.3) is 11.1 Å². The van der Waals surface area contributed by atoms with Gasteiger partial charge in [-0.05, 0) is 46.0 Å². The van der Waals surface area contributed by atoms with E-state index in [1.807, 2.05) is 42.5 Å². The lowest BCUT2D eigenvalue weighted by molar-refractivity contribution is -0.141. The zero-order valence-corrected chi connectivity index (χ0v) is 20.8. The van der Waals surface area contributed by atoms with E-state index in [-0.39, 0.29) is 25.0 Å². The van der Waals surface area contributed by atoms with Gasteiger partial charge >= 0.3 is 12.1 Å². The molecule has 33 heavy (non-hydrogen) atoms. The molecule has 2 atom stereocenters. The number of likely N-dealkylation sites (tertiary alicyclic amines) is 1. The Morgan fingerprint density at radius 2 is 1.48 bits per heavy atom. The second kappa shape index (κ2) is 8.95. The fourth-order valence-corrected chi connectivity index (χ4v) is 6.34. The lowest BCUT2D eigenvalue weighted by Crippen LogP contribution is -2.31. The van der Waals surface area contributed by atoms with E-state index in [2.05, 4.69) is 56.1 Å². The number of fused-ring (bicyclic) bond motifs is 3. The first-order valence-corrected chi connectivity index (χ1v) is 12.3. The summed E-state index contributed by atoms with van der Waals surface area (Å²) in [5.74, 6) is -1.94. The second-order valence-corrected chi connectivity index (χ2v) is 10.3. The number of rotatable bonds is 4. The van der Waals surface area contributed by atoms with Gasteiger partial charge in [-0.25, -0.2) is 4.79 Å². The predicted octanol–water partition coefficient (Wildman–Crippen LogP) is 6.26. The van der Waals surface area contributed by atoms with E-state index in [9.17, 15) is 14.7 Å². The third-order valence-corrected chi connectivity index (χ3v) is 7.46. The first-order valence-electron chi connectivity index (χ1n) is 10.7. The first-order chi connectivity index (χ1) is 15.9. The molecule has 1 N–H and O–H groups in total. The molecule has 1 aliphatic heterocycles. The van der Waals surface area contributed by atoms with E-state index in [1.165, 1.54) is 16.0 Å². The maximum absolute atomic E-state index is 13.0. The van der Waals surface area contributed by atoms with Crippen LogP contribution in [0, 0.1) is 5.92 Å². The molecule has 2 unspecified atom stereocenters. The Labute approximate surface area is 208 Å². The smallest absolute Gasteiger partial charge is 0.409 e. The SMILES string of the molecule is O=C(O)C1CN(C(=O)OCC2c3ccccc3-c3ccccc32)CC1c1cc(Br)cc(Br)c1. The van der Waals surface area contributed by atoms with Crippen LogP contribution in [-0.2, 0) is 9.53 Å². The van der Waals surface area contributed by atoms with Crippen molar-refractivity contribution in [1.29, 1.82) is 0 Å². The van der Waals surface area contributed by atoms with Gasteiger partial charge in [-0.2, -0.15) is 0 Å². The number of carbonyl (C=O) groups is 2. The molecular formula is C26H21Br2NO4. The Bertz CT molecular complexity index is 1180. The molecule has 7 heteroatoms. The van der Waals surface area contributed by atoms with Crippen LogP contribution >= 0.6 is 31.9 Å². The van der Waals surface area contributed by atoms with Crippen molar-refractivity contribution in [3.8, 4) is 11.1 Å². The molecule has 3 aromatic carbocycles. The molecule has 1 heterocycles. The Morgan fingerprint density at radius 3 is 2.06 bits per heavy atom. The topological polar surface area (TPSA) is 66.8 Å². The van der Waals surface area contributed by atoms with Crippen LogP contribution in [0.3, 0.4) is 0 Å². The van der Waals surface area contributed by atoms with E-state index >= 15 is 0 Å². The number of nitrogens with zero attached hydrogens (tertiary/aromatic N) is 1. The van der Waals surface area contributed by atoms with Crippen LogP contribution in [0.5, 0.6) is 0 Å². The van der Waals surface area contributed by atoms with Crippen molar-refractivity contribution in [1.82, 2.24) is 4.90 Å². The molecule has 168 valence electrons. The summed E-state index contributed by atoms with van der Waals surface area (Å²) in [6.45, 7) is 0.644. The lowest BCUT2D eigenvalue weighted by atomic mass is 9.89. The quantitative estimate of drug-likeness (QED) is 0.402. The summed E-state index contributed by atoms with van der Waals surface area (Å²) in [4.78, 5) is 26.5. The Kier molecular flexibility index (Phi) is 6.01. The van der Waals surface area contributed by atoms with E-state index in [0.717, 1.165) is 25.6 Å². The van der Waals surface area contributed by atoms with Crippen molar-refractivity contribution >= 4 is 43.9 Å². The van der Waals surface area contributed by atoms with Crippen molar-refractivity contribution in [3.63, 3.8) is 0 Å². The largest absolute Gasteiger partial charge is 0.481 e. The minimum Gasteiger partial charge on any atom is -0.481 e. The predicted molar refractivity (Wildman–Crippen MR) is 132 cm³/mol. The highest BCUT2D eigenvalue weighted by Gasteiger charge is 2.41. The van der Waals surface area contributed by atoms with E-state index in [0.29, 0.717) is 6.54 Å². The van der Waals surface area contributed by atoms with Crippen LogP contribution in [0.4, 0.5) is 4.79 Å². The fraction of sp³-hybridized carbons (Fsp3) is 0.231. The summed E-state index contributed by atoms with van der Waals surface area (Å²) >= 11 is 6.94. The van der Waals surface area contributed by atoms with E-state index in [4.69, 9.17) is 4.74 Å². The molecule has 3 aromatic rings. The van der Waals surface area contributed by atoms with Crippen LogP contribution in [-0.4, -0.2) is 41.8 Å². The minimum atomic E-state index is -0.912. The maximum atomic E-state index is 13.0. The molecule has 1 saturated heterocycles. The third-order valence-electron chi connectivity index (χ3n) is 6.54. The van der Waals surface area contributed by atoms with Gasteiger partial charge in [0.2, 0.25) is 0 Å². The summed E-state index contributed by atoms with van der Waals surface area (Å²) in [5.41, 5.74) is 5.50. The Hall–Kier alpha value is -2.64. The van der Waals surface area contributed by atoms with Crippen LogP contribution in [0.2, 0.25) is 0 Å². The van der Waals surface area contributed by atoms with Gasteiger partial charge in [-0.15, -0.1) is 0 Å². The monoisotopic (exact) mass is 569 g/mol. The average Bonchev–Trinajstić information content (AvgIpc) is 3.38. The van der Waals surface area contributed by atoms with Crippen molar-refractivity contribution in [3.05, 3.63) is 92.4 Å². The van der Waals surface area contributed by atoms with Crippen molar-refractivity contribution in [2.75, 3.05) is 19.7 Å². The van der Waals surface area contributed by atoms with E-state index in [1.54, 1.807) is 0 Å². The normalized spacial score (nSPS) is 19.3. The highest BCUT2D eigenvalue weighted by Crippen LogP contribution is 2.44. The van der Waals surface area contributed by atoms with E-state index < -0.39 is 18.0 Å².